The minimum absolute atomic E-state index is 0.200. The van der Waals surface area contributed by atoms with Crippen LogP contribution in [0, 0.1) is 0 Å². The molecule has 1 aliphatic rings. The molecule has 0 saturated heterocycles. The van der Waals surface area contributed by atoms with Gasteiger partial charge in [0.15, 0.2) is 0 Å². The van der Waals surface area contributed by atoms with Crippen molar-refractivity contribution in [3.05, 3.63) is 67.8 Å². The van der Waals surface area contributed by atoms with Gasteiger partial charge in [0.05, 0.1) is 22.6 Å². The Labute approximate surface area is 173 Å². The van der Waals surface area contributed by atoms with Crippen molar-refractivity contribution >= 4 is 39.2 Å². The number of carbonyl (C=O) groups excluding carboxylic acids is 1. The monoisotopic (exact) mass is 396 g/mol. The van der Waals surface area contributed by atoms with Gasteiger partial charge < -0.3 is 15.6 Å². The highest BCUT2D eigenvalue weighted by atomic mass is 16.1. The Kier molecular flexibility index (Phi) is 4.10. The van der Waals surface area contributed by atoms with E-state index in [1.54, 1.807) is 0 Å². The number of anilines is 1. The van der Waals surface area contributed by atoms with Gasteiger partial charge in [0.25, 0.3) is 0 Å². The Morgan fingerprint density at radius 1 is 1.27 bits per heavy atom. The molecule has 0 radical (unpaired) electrons. The van der Waals surface area contributed by atoms with Gasteiger partial charge in [-0.2, -0.15) is 0 Å². The van der Waals surface area contributed by atoms with Crippen LogP contribution in [0.15, 0.2) is 62.1 Å². The van der Waals surface area contributed by atoms with Crippen LogP contribution in [-0.2, 0) is 11.3 Å². The molecule has 5 rings (SSSR count). The first kappa shape index (κ1) is 18.1. The van der Waals surface area contributed by atoms with Gasteiger partial charge in [-0.3, -0.25) is 9.78 Å². The van der Waals surface area contributed by atoms with Crippen LogP contribution in [0.4, 0.5) is 5.82 Å². The third kappa shape index (κ3) is 2.67. The normalized spacial score (nSPS) is 15.9. The minimum Gasteiger partial charge on any atom is -0.383 e. The zero-order valence-corrected chi connectivity index (χ0v) is 16.3. The van der Waals surface area contributed by atoms with Gasteiger partial charge in [0.2, 0.25) is 5.91 Å². The Hall–Kier alpha value is -4.00. The minimum atomic E-state index is -0.223. The molecule has 1 aromatic carbocycles. The molecule has 30 heavy (non-hydrogen) atoms. The first-order valence-electron chi connectivity index (χ1n) is 9.68. The van der Waals surface area contributed by atoms with Gasteiger partial charge in [-0.15, -0.1) is 0 Å². The zero-order chi connectivity index (χ0) is 20.8. The molecular weight excluding hydrogens is 376 g/mol. The summed E-state index contributed by atoms with van der Waals surface area (Å²) in [5, 5.41) is 4.78. The van der Waals surface area contributed by atoms with E-state index >= 15 is 0 Å². The van der Waals surface area contributed by atoms with Crippen molar-refractivity contribution in [1.82, 2.24) is 24.8 Å². The third-order valence-electron chi connectivity index (χ3n) is 5.62. The average molecular weight is 396 g/mol. The van der Waals surface area contributed by atoms with E-state index < -0.39 is 0 Å². The lowest BCUT2D eigenvalue weighted by Gasteiger charge is -2.28. The van der Waals surface area contributed by atoms with Crippen LogP contribution in [-0.4, -0.2) is 31.5 Å². The maximum atomic E-state index is 11.9. The number of amides is 1. The molecule has 3 aromatic heterocycles. The number of aryl methyl sites for hydroxylation is 1. The standard InChI is InChI=1S/C23H20N6O/c1-3-18(30)28-16-8-9-29-21(13(16)2)19(20-22(24)26-12-27-23(20)29)15-10-14-6-4-5-7-17(14)25-11-15/h3-7,10-12,16H,1-2,8-9H2,(H,28,30)(H2,24,26,27)/t16-/m1/s1. The fraction of sp³-hybridized carbons (Fsp3) is 0.130. The number of pyridine rings is 1. The lowest BCUT2D eigenvalue weighted by Crippen LogP contribution is -2.38. The van der Waals surface area contributed by atoms with Gasteiger partial charge in [-0.25, -0.2) is 9.97 Å². The van der Waals surface area contributed by atoms with Gasteiger partial charge in [0.1, 0.15) is 17.8 Å². The van der Waals surface area contributed by atoms with Gasteiger partial charge in [0, 0.05) is 29.3 Å². The smallest absolute Gasteiger partial charge is 0.243 e. The molecule has 0 aliphatic carbocycles. The topological polar surface area (TPSA) is 98.7 Å². The molecule has 1 amide bonds. The van der Waals surface area contributed by atoms with E-state index in [4.69, 9.17) is 5.73 Å². The largest absolute Gasteiger partial charge is 0.383 e. The van der Waals surface area contributed by atoms with Crippen molar-refractivity contribution in [2.45, 2.75) is 19.0 Å². The van der Waals surface area contributed by atoms with E-state index in [9.17, 15) is 4.79 Å². The summed E-state index contributed by atoms with van der Waals surface area (Å²) in [4.78, 5) is 25.3. The zero-order valence-electron chi connectivity index (χ0n) is 16.3. The number of benzene rings is 1. The third-order valence-corrected chi connectivity index (χ3v) is 5.62. The van der Waals surface area contributed by atoms with Crippen molar-refractivity contribution in [2.75, 3.05) is 5.73 Å². The summed E-state index contributed by atoms with van der Waals surface area (Å²) in [5.41, 5.74) is 11.5. The summed E-state index contributed by atoms with van der Waals surface area (Å²) in [5.74, 6) is 0.184. The molecule has 7 heteroatoms. The summed E-state index contributed by atoms with van der Waals surface area (Å²) >= 11 is 0. The molecule has 4 heterocycles. The molecule has 0 spiro atoms. The second-order valence-electron chi connectivity index (χ2n) is 7.33. The highest BCUT2D eigenvalue weighted by Gasteiger charge is 2.31. The van der Waals surface area contributed by atoms with Crippen LogP contribution in [0.3, 0.4) is 0 Å². The number of nitrogen functional groups attached to an aromatic ring is 1. The second kappa shape index (κ2) is 6.81. The summed E-state index contributed by atoms with van der Waals surface area (Å²) in [7, 11) is 0. The van der Waals surface area contributed by atoms with Crippen LogP contribution < -0.4 is 11.1 Å². The summed E-state index contributed by atoms with van der Waals surface area (Å²) in [6.07, 6.45) is 5.29. The fourth-order valence-electron chi connectivity index (χ4n) is 4.22. The van der Waals surface area contributed by atoms with Gasteiger partial charge >= 0.3 is 0 Å². The number of nitrogens with zero attached hydrogens (tertiary/aromatic N) is 4. The number of hydrogen-bond donors (Lipinski definition) is 2. The maximum absolute atomic E-state index is 11.9. The van der Waals surface area contributed by atoms with E-state index in [2.05, 4.69) is 44.1 Å². The quantitative estimate of drug-likeness (QED) is 0.518. The number of aromatic nitrogens is 4. The van der Waals surface area contributed by atoms with Crippen molar-refractivity contribution < 1.29 is 4.79 Å². The van der Waals surface area contributed by atoms with Crippen molar-refractivity contribution in [3.8, 4) is 11.1 Å². The van der Waals surface area contributed by atoms with E-state index in [0.29, 0.717) is 18.8 Å². The predicted octanol–water partition coefficient (Wildman–Crippen LogP) is 3.32. The molecule has 148 valence electrons. The van der Waals surface area contributed by atoms with Crippen LogP contribution in [0.25, 0.3) is 38.6 Å². The number of fused-ring (bicyclic) bond motifs is 4. The van der Waals surface area contributed by atoms with Crippen LogP contribution in [0.5, 0.6) is 0 Å². The van der Waals surface area contributed by atoms with E-state index in [-0.39, 0.29) is 11.9 Å². The highest BCUT2D eigenvalue weighted by Crippen LogP contribution is 2.43. The fourth-order valence-corrected chi connectivity index (χ4v) is 4.22. The summed E-state index contributed by atoms with van der Waals surface area (Å²) in [6, 6.07) is 9.84. The second-order valence-corrected chi connectivity index (χ2v) is 7.33. The number of rotatable bonds is 3. The Morgan fingerprint density at radius 3 is 2.93 bits per heavy atom. The van der Waals surface area contributed by atoms with Crippen molar-refractivity contribution in [3.63, 3.8) is 0 Å². The lowest BCUT2D eigenvalue weighted by molar-refractivity contribution is -0.116. The van der Waals surface area contributed by atoms with Gasteiger partial charge in [-0.1, -0.05) is 31.4 Å². The molecule has 3 N–H and O–H groups in total. The molecule has 0 saturated carbocycles. The molecule has 1 aliphatic heterocycles. The SMILES string of the molecule is C=CC(=O)N[C@@H]1CCn2c(c(-c3cnc4ccccc4c3)c3c(N)ncnc32)C1=C. The first-order chi connectivity index (χ1) is 14.6. The number of carbonyl (C=O) groups is 1. The van der Waals surface area contributed by atoms with Crippen molar-refractivity contribution in [1.29, 1.82) is 0 Å². The molecule has 1 atom stereocenters. The Bertz CT molecular complexity index is 1350. The highest BCUT2D eigenvalue weighted by molar-refractivity contribution is 6.07. The Morgan fingerprint density at radius 2 is 2.10 bits per heavy atom. The number of hydrogen-bond acceptors (Lipinski definition) is 5. The molecular formula is C23H20N6O. The Balaban J connectivity index is 1.78. The van der Waals surface area contributed by atoms with E-state index in [0.717, 1.165) is 44.3 Å². The number of para-hydroxylation sites is 1. The molecule has 0 bridgehead atoms. The lowest BCUT2D eigenvalue weighted by atomic mass is 9.92. The number of nitrogens with two attached hydrogens (primary N) is 1. The van der Waals surface area contributed by atoms with Gasteiger partial charge in [-0.05, 0) is 30.2 Å². The predicted molar refractivity (Wildman–Crippen MR) is 118 cm³/mol. The van der Waals surface area contributed by atoms with Crippen molar-refractivity contribution in [2.24, 2.45) is 0 Å². The molecule has 4 aromatic rings. The molecule has 7 nitrogen and oxygen atoms in total. The first-order valence-corrected chi connectivity index (χ1v) is 9.68. The van der Waals surface area contributed by atoms with Crippen LogP contribution in [0.2, 0.25) is 0 Å². The van der Waals surface area contributed by atoms with E-state index in [1.165, 1.54) is 12.4 Å². The molecule has 0 fully saturated rings. The molecule has 0 unspecified atom stereocenters. The number of nitrogens with one attached hydrogen (secondary N) is 1. The van der Waals surface area contributed by atoms with Crippen LogP contribution >= 0.6 is 0 Å². The summed E-state index contributed by atoms with van der Waals surface area (Å²) < 4.78 is 2.11. The van der Waals surface area contributed by atoms with Crippen LogP contribution in [0.1, 0.15) is 12.1 Å². The van der Waals surface area contributed by atoms with E-state index in [1.807, 2.05) is 30.5 Å². The maximum Gasteiger partial charge on any atom is 0.243 e. The average Bonchev–Trinajstić information content (AvgIpc) is 3.11. The summed E-state index contributed by atoms with van der Waals surface area (Å²) in [6.45, 7) is 8.54.